The predicted octanol–water partition coefficient (Wildman–Crippen LogP) is 7.53. The number of aryl methyl sites for hydroxylation is 1. The summed E-state index contributed by atoms with van der Waals surface area (Å²) in [5.74, 6) is 1.34. The Balaban J connectivity index is 0.00000166. The highest BCUT2D eigenvalue weighted by molar-refractivity contribution is 5.98. The van der Waals surface area contributed by atoms with Crippen molar-refractivity contribution >= 4 is 17.6 Å². The standard InChI is InChI=1S/C27H38N4O2.C4H10.C3H8.C2H2/c1-5-22-19-25(29-27(33)30(4)14-11-21-9-7-6-8-10-21)23(17-20(2)3)18-24(22)26(32)31-15-12-28-13-16-31;1-4(2)3;1-3-2;1-2/h6-10,18-20,28H,5,11-17H2,1-4H3,(H,29,33);4H,1-3H3;3H2,1-2H3;1-2H. The highest BCUT2D eigenvalue weighted by Crippen LogP contribution is 2.26. The number of amides is 3. The zero-order valence-electron chi connectivity index (χ0n) is 27.9. The minimum atomic E-state index is -0.126. The van der Waals surface area contributed by atoms with E-state index in [0.29, 0.717) is 12.5 Å². The van der Waals surface area contributed by atoms with Crippen LogP contribution < -0.4 is 10.6 Å². The van der Waals surface area contributed by atoms with Crippen LogP contribution in [0.15, 0.2) is 42.5 Å². The second-order valence-electron chi connectivity index (χ2n) is 11.7. The van der Waals surface area contributed by atoms with E-state index >= 15 is 0 Å². The first-order valence-corrected chi connectivity index (χ1v) is 15.6. The molecule has 0 saturated carbocycles. The summed E-state index contributed by atoms with van der Waals surface area (Å²) in [5, 5.41) is 6.43. The van der Waals surface area contributed by atoms with Crippen molar-refractivity contribution in [2.24, 2.45) is 11.8 Å². The number of carbonyl (C=O) groups excluding carboxylic acids is 2. The van der Waals surface area contributed by atoms with Crippen molar-refractivity contribution in [2.75, 3.05) is 45.1 Å². The van der Waals surface area contributed by atoms with E-state index in [1.54, 1.807) is 4.90 Å². The van der Waals surface area contributed by atoms with E-state index in [1.807, 2.05) is 42.3 Å². The largest absolute Gasteiger partial charge is 0.336 e. The van der Waals surface area contributed by atoms with Gasteiger partial charge in [0, 0.05) is 51.0 Å². The molecule has 0 aromatic heterocycles. The minimum Gasteiger partial charge on any atom is -0.336 e. The number of terminal acetylenes is 1. The Bertz CT molecular complexity index is 1040. The van der Waals surface area contributed by atoms with Crippen molar-refractivity contribution < 1.29 is 9.59 Å². The molecule has 6 heteroatoms. The molecular formula is C36H58N4O2. The Labute approximate surface area is 257 Å². The zero-order valence-corrected chi connectivity index (χ0v) is 27.9. The summed E-state index contributed by atoms with van der Waals surface area (Å²) in [4.78, 5) is 29.9. The Hall–Kier alpha value is -3.30. The predicted molar refractivity (Wildman–Crippen MR) is 181 cm³/mol. The number of piperazine rings is 1. The quantitative estimate of drug-likeness (QED) is 0.318. The lowest BCUT2D eigenvalue weighted by atomic mass is 9.94. The van der Waals surface area contributed by atoms with Gasteiger partial charge in [0.05, 0.1) is 0 Å². The monoisotopic (exact) mass is 578 g/mol. The SMILES string of the molecule is C#C.CC(C)C.CCC.CCc1cc(NC(=O)N(C)CCc2ccccc2)c(CC(C)C)cc1C(=O)N1CCNCC1. The van der Waals surface area contributed by atoms with Crippen molar-refractivity contribution in [3.05, 3.63) is 64.7 Å². The van der Waals surface area contributed by atoms with Crippen LogP contribution in [-0.4, -0.2) is 61.5 Å². The number of anilines is 1. The van der Waals surface area contributed by atoms with Gasteiger partial charge >= 0.3 is 6.03 Å². The summed E-state index contributed by atoms with van der Waals surface area (Å²) in [6.07, 6.45) is 11.6. The normalized spacial score (nSPS) is 12.2. The van der Waals surface area contributed by atoms with Crippen molar-refractivity contribution in [3.63, 3.8) is 0 Å². The van der Waals surface area contributed by atoms with Gasteiger partial charge in [0.15, 0.2) is 0 Å². The molecule has 3 rings (SSSR count). The number of hydrogen-bond donors (Lipinski definition) is 2. The molecule has 3 amide bonds. The van der Waals surface area contributed by atoms with Crippen molar-refractivity contribution in [2.45, 2.75) is 81.1 Å². The van der Waals surface area contributed by atoms with Crippen molar-refractivity contribution in [1.29, 1.82) is 0 Å². The van der Waals surface area contributed by atoms with Gasteiger partial charge < -0.3 is 20.4 Å². The summed E-state index contributed by atoms with van der Waals surface area (Å²) < 4.78 is 0. The van der Waals surface area contributed by atoms with Crippen LogP contribution in [0.25, 0.3) is 0 Å². The number of benzene rings is 2. The molecule has 1 aliphatic rings. The maximum atomic E-state index is 13.3. The molecule has 42 heavy (non-hydrogen) atoms. The molecule has 234 valence electrons. The average molecular weight is 579 g/mol. The van der Waals surface area contributed by atoms with E-state index in [2.05, 4.69) is 91.0 Å². The van der Waals surface area contributed by atoms with Gasteiger partial charge in [-0.05, 0) is 59.9 Å². The Morgan fingerprint density at radius 3 is 2.00 bits per heavy atom. The molecule has 1 saturated heterocycles. The van der Waals surface area contributed by atoms with Gasteiger partial charge in [0.1, 0.15) is 0 Å². The van der Waals surface area contributed by atoms with Gasteiger partial charge in [0.2, 0.25) is 0 Å². The van der Waals surface area contributed by atoms with E-state index in [-0.39, 0.29) is 11.9 Å². The molecule has 0 radical (unpaired) electrons. The van der Waals surface area contributed by atoms with Crippen LogP contribution in [0.4, 0.5) is 10.5 Å². The second kappa shape index (κ2) is 22.3. The third-order valence-electron chi connectivity index (χ3n) is 6.14. The highest BCUT2D eigenvalue weighted by Gasteiger charge is 2.23. The van der Waals surface area contributed by atoms with Crippen LogP contribution in [0, 0.1) is 24.7 Å². The number of urea groups is 1. The zero-order chi connectivity index (χ0) is 32.1. The lowest BCUT2D eigenvalue weighted by Crippen LogP contribution is -2.46. The highest BCUT2D eigenvalue weighted by atomic mass is 16.2. The third-order valence-corrected chi connectivity index (χ3v) is 6.14. The molecule has 1 heterocycles. The maximum absolute atomic E-state index is 13.3. The first kappa shape index (κ1) is 38.7. The van der Waals surface area contributed by atoms with Crippen LogP contribution in [0.2, 0.25) is 0 Å². The van der Waals surface area contributed by atoms with Gasteiger partial charge in [-0.15, -0.1) is 12.8 Å². The first-order valence-electron chi connectivity index (χ1n) is 15.6. The van der Waals surface area contributed by atoms with E-state index < -0.39 is 0 Å². The molecule has 0 atom stereocenters. The lowest BCUT2D eigenvalue weighted by Gasteiger charge is -2.29. The Morgan fingerprint density at radius 2 is 1.50 bits per heavy atom. The molecule has 1 aliphatic heterocycles. The molecule has 0 bridgehead atoms. The number of carbonyl (C=O) groups is 2. The summed E-state index contributed by atoms with van der Waals surface area (Å²) in [6.45, 7) is 20.9. The summed E-state index contributed by atoms with van der Waals surface area (Å²) in [6, 6.07) is 14.1. The average Bonchev–Trinajstić information content (AvgIpc) is 2.98. The molecule has 2 aromatic carbocycles. The molecule has 2 N–H and O–H groups in total. The fraction of sp³-hybridized carbons (Fsp3) is 0.556. The smallest absolute Gasteiger partial charge is 0.321 e. The minimum absolute atomic E-state index is 0.0937. The van der Waals surface area contributed by atoms with E-state index in [4.69, 9.17) is 0 Å². The van der Waals surface area contributed by atoms with E-state index in [1.165, 1.54) is 12.0 Å². The van der Waals surface area contributed by atoms with Gasteiger partial charge in [0.25, 0.3) is 5.91 Å². The number of nitrogens with one attached hydrogen (secondary N) is 2. The van der Waals surface area contributed by atoms with Crippen LogP contribution >= 0.6 is 0 Å². The van der Waals surface area contributed by atoms with Gasteiger partial charge in [-0.3, -0.25) is 4.79 Å². The topological polar surface area (TPSA) is 64.7 Å². The number of hydrogen-bond acceptors (Lipinski definition) is 3. The molecular weight excluding hydrogens is 520 g/mol. The summed E-state index contributed by atoms with van der Waals surface area (Å²) in [7, 11) is 1.82. The first-order chi connectivity index (χ1) is 20.0. The van der Waals surface area contributed by atoms with Crippen molar-refractivity contribution in [3.8, 4) is 12.8 Å². The number of likely N-dealkylation sites (N-methyl/N-ethyl adjacent to an activating group) is 1. The van der Waals surface area contributed by atoms with Gasteiger partial charge in [-0.25, -0.2) is 4.79 Å². The van der Waals surface area contributed by atoms with E-state index in [9.17, 15) is 9.59 Å². The summed E-state index contributed by atoms with van der Waals surface area (Å²) >= 11 is 0. The third kappa shape index (κ3) is 15.1. The lowest BCUT2D eigenvalue weighted by molar-refractivity contribution is 0.0734. The van der Waals surface area contributed by atoms with Crippen LogP contribution in [-0.2, 0) is 19.3 Å². The van der Waals surface area contributed by atoms with Crippen LogP contribution in [0.1, 0.15) is 88.9 Å². The fourth-order valence-electron chi connectivity index (χ4n) is 4.20. The molecule has 1 fully saturated rings. The second-order valence-corrected chi connectivity index (χ2v) is 11.7. The summed E-state index contributed by atoms with van der Waals surface area (Å²) in [5.41, 5.74) is 4.79. The van der Waals surface area contributed by atoms with Gasteiger partial charge in [-0.2, -0.15) is 0 Å². The van der Waals surface area contributed by atoms with Crippen LogP contribution in [0.5, 0.6) is 0 Å². The maximum Gasteiger partial charge on any atom is 0.321 e. The molecule has 6 nitrogen and oxygen atoms in total. The molecule has 2 aromatic rings. The van der Waals surface area contributed by atoms with E-state index in [0.717, 1.165) is 73.7 Å². The number of nitrogens with zero attached hydrogens (tertiary/aromatic N) is 2. The molecule has 0 spiro atoms. The molecule has 0 aliphatic carbocycles. The Kier molecular flexibility index (Phi) is 20.6. The van der Waals surface area contributed by atoms with Gasteiger partial charge in [-0.1, -0.05) is 92.1 Å². The Morgan fingerprint density at radius 1 is 0.952 bits per heavy atom. The van der Waals surface area contributed by atoms with Crippen LogP contribution in [0.3, 0.4) is 0 Å². The molecule has 0 unspecified atom stereocenters. The van der Waals surface area contributed by atoms with Crippen molar-refractivity contribution in [1.82, 2.24) is 15.1 Å². The fourth-order valence-corrected chi connectivity index (χ4v) is 4.20. The number of rotatable bonds is 8.